The van der Waals surface area contributed by atoms with Crippen LogP contribution in [-0.2, 0) is 23.9 Å². The molecular weight excluding hydrogens is 540 g/mol. The van der Waals surface area contributed by atoms with Crippen molar-refractivity contribution >= 4 is 38.8 Å². The number of benzene rings is 1. The van der Waals surface area contributed by atoms with Crippen molar-refractivity contribution in [2.45, 2.75) is 50.9 Å². The average molecular weight is 580 g/mol. The van der Waals surface area contributed by atoms with Gasteiger partial charge in [-0.25, -0.2) is 4.98 Å². The van der Waals surface area contributed by atoms with Crippen LogP contribution in [-0.4, -0.2) is 78.9 Å². The molecule has 3 aromatic heterocycles. The van der Waals surface area contributed by atoms with Gasteiger partial charge >= 0.3 is 0 Å². The molecular formula is C30H36N6O4S. The molecule has 0 radical (unpaired) electrons. The maximum Gasteiger partial charge on any atom is 0.254 e. The molecule has 7 rings (SSSR count). The first-order chi connectivity index (χ1) is 21.0. The smallest absolute Gasteiger partial charge is 0.254 e. The summed E-state index contributed by atoms with van der Waals surface area (Å²) < 4.78 is 49.9. The van der Waals surface area contributed by atoms with Crippen molar-refractivity contribution < 1.29 is 22.6 Å². The van der Waals surface area contributed by atoms with Gasteiger partial charge in [0.2, 0.25) is 5.88 Å². The highest BCUT2D eigenvalue weighted by Gasteiger charge is 2.47. The molecule has 2 bridgehead atoms. The van der Waals surface area contributed by atoms with Gasteiger partial charge in [0.1, 0.15) is 16.9 Å². The molecule has 0 unspecified atom stereocenters. The number of amides is 1. The minimum absolute atomic E-state index is 0.0120. The lowest BCUT2D eigenvalue weighted by molar-refractivity contribution is 0.0700. The number of likely N-dealkylation sites (tertiary alicyclic amines) is 1. The topological polar surface area (TPSA) is 118 Å². The molecule has 2 aliphatic carbocycles. The van der Waals surface area contributed by atoms with Crippen LogP contribution in [0.2, 0.25) is 0 Å². The van der Waals surface area contributed by atoms with Gasteiger partial charge in [-0.15, -0.1) is 0 Å². The minimum Gasteiger partial charge on any atom is -0.494 e. The molecule has 3 aliphatic rings. The Bertz CT molecular complexity index is 1800. The number of carbonyl (C=O) groups is 1. The van der Waals surface area contributed by atoms with E-state index in [1.807, 2.05) is 21.6 Å². The van der Waals surface area contributed by atoms with E-state index in [4.69, 9.17) is 24.3 Å². The van der Waals surface area contributed by atoms with Crippen LogP contribution in [0.1, 0.15) is 40.2 Å². The number of rotatable bonds is 9. The normalized spacial score (nSPS) is 24.0. The van der Waals surface area contributed by atoms with Crippen molar-refractivity contribution in [1.82, 2.24) is 24.0 Å². The van der Waals surface area contributed by atoms with E-state index in [1.165, 1.54) is 0 Å². The maximum atomic E-state index is 13.8. The van der Waals surface area contributed by atoms with E-state index in [0.29, 0.717) is 71.0 Å². The van der Waals surface area contributed by atoms with E-state index in [9.17, 15) is 9.00 Å². The van der Waals surface area contributed by atoms with E-state index in [0.717, 1.165) is 36.8 Å². The number of fused-ring (bicyclic) bond motifs is 4. The number of methoxy groups -OCH3 is 2. The second kappa shape index (κ2) is 10.1. The second-order valence-corrected chi connectivity index (χ2v) is 13.2. The summed E-state index contributed by atoms with van der Waals surface area (Å²) in [7, 11) is -2.11. The summed E-state index contributed by atoms with van der Waals surface area (Å²) in [5.74, 6) is 2.29. The Morgan fingerprint density at radius 3 is 2.68 bits per heavy atom. The van der Waals surface area contributed by atoms with Crippen LogP contribution in [0, 0.1) is 11.8 Å². The minimum atomic E-state index is -2.62. The molecule has 2 N–H and O–H groups in total. The van der Waals surface area contributed by atoms with E-state index in [1.54, 1.807) is 31.6 Å². The molecule has 4 atom stereocenters. The molecule has 1 amide bonds. The fourth-order valence-electron chi connectivity index (χ4n) is 6.69. The van der Waals surface area contributed by atoms with Crippen molar-refractivity contribution in [3.8, 4) is 23.1 Å². The van der Waals surface area contributed by atoms with Gasteiger partial charge in [0.25, 0.3) is 5.91 Å². The highest BCUT2D eigenvalue weighted by molar-refractivity contribution is 7.84. The molecule has 1 aliphatic heterocycles. The Morgan fingerprint density at radius 1 is 1.15 bits per heavy atom. The first-order valence-electron chi connectivity index (χ1n) is 15.6. The first-order valence-corrected chi connectivity index (χ1v) is 15.9. The fourth-order valence-corrected chi connectivity index (χ4v) is 7.13. The highest BCUT2D eigenvalue weighted by Crippen LogP contribution is 2.40. The summed E-state index contributed by atoms with van der Waals surface area (Å²) in [6, 6.07) is 8.99. The van der Waals surface area contributed by atoms with E-state index >= 15 is 0 Å². The molecule has 41 heavy (non-hydrogen) atoms. The zero-order chi connectivity index (χ0) is 30.9. The van der Waals surface area contributed by atoms with Crippen molar-refractivity contribution in [2.75, 3.05) is 32.7 Å². The summed E-state index contributed by atoms with van der Waals surface area (Å²) in [5, 5.41) is 0.819. The Hall–Kier alpha value is -3.44. The molecule has 1 aromatic carbocycles. The van der Waals surface area contributed by atoms with E-state index in [-0.39, 0.29) is 23.9 Å². The largest absolute Gasteiger partial charge is 0.494 e. The second-order valence-electron chi connectivity index (χ2n) is 11.6. The van der Waals surface area contributed by atoms with Crippen molar-refractivity contribution in [2.24, 2.45) is 17.6 Å². The fraction of sp³-hybridized carbons (Fsp3) is 0.500. The van der Waals surface area contributed by atoms with Crippen LogP contribution in [0.5, 0.6) is 11.6 Å². The monoisotopic (exact) mass is 579 g/mol. The highest BCUT2D eigenvalue weighted by atomic mass is 32.2. The number of carbonyl (C=O) groups excluding carboxylic acids is 1. The number of aromatic nitrogens is 4. The Kier molecular flexibility index (Phi) is 5.72. The third kappa shape index (κ3) is 4.50. The van der Waals surface area contributed by atoms with Gasteiger partial charge in [0.15, 0.2) is 5.82 Å². The number of ether oxygens (including phenoxy) is 2. The molecule has 1 saturated heterocycles. The SMILES string of the molecule is [2H]C([2H])([2H])Oc1ccc2cc(-c3nc4cc(C(=O)N5C[C@H]6CC[C@@H]5[C@@H]6N)cc(OC)c4n3CC[S@](C)=O)n(CC3CC3)c2n1. The molecule has 3 fully saturated rings. The summed E-state index contributed by atoms with van der Waals surface area (Å²) in [6.45, 7) is 1.76. The summed E-state index contributed by atoms with van der Waals surface area (Å²) in [4.78, 5) is 25.4. The molecule has 4 heterocycles. The third-order valence-corrected chi connectivity index (χ3v) is 9.74. The van der Waals surface area contributed by atoms with Gasteiger partial charge in [-0.05, 0) is 61.8 Å². The van der Waals surface area contributed by atoms with Gasteiger partial charge in [-0.3, -0.25) is 9.00 Å². The van der Waals surface area contributed by atoms with Crippen molar-refractivity contribution in [3.05, 3.63) is 35.9 Å². The molecule has 216 valence electrons. The van der Waals surface area contributed by atoms with Gasteiger partial charge < -0.3 is 29.2 Å². The zero-order valence-electron chi connectivity index (χ0n) is 26.2. The molecule has 4 aromatic rings. The Morgan fingerprint density at radius 2 is 2.00 bits per heavy atom. The van der Waals surface area contributed by atoms with E-state index in [2.05, 4.69) is 9.55 Å². The number of hydrogen-bond acceptors (Lipinski definition) is 7. The Labute approximate surface area is 245 Å². The van der Waals surface area contributed by atoms with Crippen LogP contribution in [0.25, 0.3) is 33.6 Å². The average Bonchev–Trinajstić information content (AvgIpc) is 3.33. The quantitative estimate of drug-likeness (QED) is 0.323. The number of hydrogen-bond donors (Lipinski definition) is 1. The van der Waals surface area contributed by atoms with Crippen LogP contribution >= 0.6 is 0 Å². The van der Waals surface area contributed by atoms with Crippen molar-refractivity contribution in [1.29, 1.82) is 0 Å². The number of nitrogens with zero attached hydrogens (tertiary/aromatic N) is 5. The number of piperidine rings is 1. The summed E-state index contributed by atoms with van der Waals surface area (Å²) >= 11 is 0. The first kappa shape index (κ1) is 23.2. The molecule has 10 nitrogen and oxygen atoms in total. The predicted octanol–water partition coefficient (Wildman–Crippen LogP) is 3.42. The predicted molar refractivity (Wildman–Crippen MR) is 159 cm³/mol. The van der Waals surface area contributed by atoms with Gasteiger partial charge in [-0.1, -0.05) is 0 Å². The lowest BCUT2D eigenvalue weighted by Crippen LogP contribution is -2.41. The standard InChI is InChI=1S/C30H36N6O4S/c1-39-24-14-20(30(37)36-16-19-6-8-22(36)26(19)31)12-21-27(24)34(10-11-41(3)38)29(32-21)23-13-18-7-9-25(40-2)33-28(18)35(23)15-17-4-5-17/h7,9,12-14,17,19,22,26H,4-6,8,10-11,15-16,31H2,1-3H3/t19-,22-,26-,41+/m1/s1/i2D3. The number of imidazole rings is 1. The van der Waals surface area contributed by atoms with Crippen LogP contribution in [0.15, 0.2) is 30.3 Å². The number of pyridine rings is 1. The van der Waals surface area contributed by atoms with Crippen LogP contribution < -0.4 is 15.2 Å². The summed E-state index contributed by atoms with van der Waals surface area (Å²) in [5.41, 5.74) is 9.61. The third-order valence-electron chi connectivity index (χ3n) is 8.98. The lowest BCUT2D eigenvalue weighted by atomic mass is 10.1. The molecule has 11 heteroatoms. The van der Waals surface area contributed by atoms with Gasteiger partial charge in [0.05, 0.1) is 29.5 Å². The molecule has 2 saturated carbocycles. The number of nitrogens with two attached hydrogens (primary N) is 1. The van der Waals surface area contributed by atoms with Crippen LogP contribution in [0.3, 0.4) is 0 Å². The maximum absolute atomic E-state index is 13.8. The lowest BCUT2D eigenvalue weighted by Gasteiger charge is -2.27. The molecule has 0 spiro atoms. The van der Waals surface area contributed by atoms with E-state index < -0.39 is 17.8 Å². The Balaban J connectivity index is 1.38. The van der Waals surface area contributed by atoms with Crippen molar-refractivity contribution in [3.63, 3.8) is 0 Å². The summed E-state index contributed by atoms with van der Waals surface area (Å²) in [6.07, 6.45) is 5.83. The number of aryl methyl sites for hydroxylation is 1. The van der Waals surface area contributed by atoms with Gasteiger partial charge in [-0.2, -0.15) is 4.98 Å². The van der Waals surface area contributed by atoms with Gasteiger partial charge in [0, 0.05) is 71.5 Å². The zero-order valence-corrected chi connectivity index (χ0v) is 24.0. The van der Waals surface area contributed by atoms with Crippen LogP contribution in [0.4, 0.5) is 0 Å².